The Balaban J connectivity index is 2.26. The number of hydrogen-bond acceptors (Lipinski definition) is 5. The molecule has 2 N–H and O–H groups in total. The first-order valence-corrected chi connectivity index (χ1v) is 6.80. The molecule has 24 heavy (non-hydrogen) atoms. The summed E-state index contributed by atoms with van der Waals surface area (Å²) in [6.07, 6.45) is 3.21. The SMILES string of the molecule is O=C(O)COc1ccc(C#Cc2ccncc2)c(OCC(=O)O)c1. The molecule has 0 unspecified atom stereocenters. The molecule has 1 heterocycles. The lowest BCUT2D eigenvalue weighted by Gasteiger charge is -2.09. The van der Waals surface area contributed by atoms with E-state index in [9.17, 15) is 9.59 Å². The van der Waals surface area contributed by atoms with Gasteiger partial charge in [0, 0.05) is 24.0 Å². The first kappa shape index (κ1) is 16.8. The number of aliphatic carboxylic acids is 2. The van der Waals surface area contributed by atoms with E-state index in [1.165, 1.54) is 12.1 Å². The first-order chi connectivity index (χ1) is 11.5. The van der Waals surface area contributed by atoms with Crippen LogP contribution in [-0.2, 0) is 9.59 Å². The predicted octanol–water partition coefficient (Wildman–Crippen LogP) is 1.41. The van der Waals surface area contributed by atoms with Crippen LogP contribution in [0, 0.1) is 11.8 Å². The summed E-state index contributed by atoms with van der Waals surface area (Å²) >= 11 is 0. The molecule has 0 atom stereocenters. The Kier molecular flexibility index (Phi) is 5.75. The monoisotopic (exact) mass is 327 g/mol. The van der Waals surface area contributed by atoms with Gasteiger partial charge in [0.1, 0.15) is 11.5 Å². The van der Waals surface area contributed by atoms with Crippen LogP contribution in [0.2, 0.25) is 0 Å². The number of rotatable bonds is 6. The molecule has 0 aliphatic heterocycles. The van der Waals surface area contributed by atoms with Gasteiger partial charge in [0.15, 0.2) is 13.2 Å². The molecule has 0 radical (unpaired) electrons. The van der Waals surface area contributed by atoms with Gasteiger partial charge in [-0.2, -0.15) is 0 Å². The average molecular weight is 327 g/mol. The maximum Gasteiger partial charge on any atom is 0.341 e. The van der Waals surface area contributed by atoms with Crippen LogP contribution in [0.15, 0.2) is 42.7 Å². The van der Waals surface area contributed by atoms with Gasteiger partial charge in [-0.15, -0.1) is 0 Å². The number of carbonyl (C=O) groups is 2. The quantitative estimate of drug-likeness (QED) is 0.773. The van der Waals surface area contributed by atoms with E-state index >= 15 is 0 Å². The number of carboxylic acids is 2. The van der Waals surface area contributed by atoms with Crippen molar-refractivity contribution in [2.45, 2.75) is 0 Å². The molecule has 7 heteroatoms. The van der Waals surface area contributed by atoms with Gasteiger partial charge in [-0.05, 0) is 24.3 Å². The third-order valence-corrected chi connectivity index (χ3v) is 2.69. The average Bonchev–Trinajstić information content (AvgIpc) is 2.57. The molecular weight excluding hydrogens is 314 g/mol. The maximum absolute atomic E-state index is 10.7. The summed E-state index contributed by atoms with van der Waals surface area (Å²) in [6, 6.07) is 7.97. The van der Waals surface area contributed by atoms with Gasteiger partial charge in [0.2, 0.25) is 0 Å². The van der Waals surface area contributed by atoms with Crippen molar-refractivity contribution in [2.75, 3.05) is 13.2 Å². The fourth-order valence-corrected chi connectivity index (χ4v) is 1.67. The van der Waals surface area contributed by atoms with Crippen molar-refractivity contribution >= 4 is 11.9 Å². The zero-order valence-electron chi connectivity index (χ0n) is 12.4. The highest BCUT2D eigenvalue weighted by Crippen LogP contribution is 2.24. The molecule has 1 aromatic carbocycles. The van der Waals surface area contributed by atoms with Gasteiger partial charge in [-0.1, -0.05) is 11.8 Å². The minimum absolute atomic E-state index is 0.196. The summed E-state index contributed by atoms with van der Waals surface area (Å²) in [5.74, 6) is 3.96. The van der Waals surface area contributed by atoms with Gasteiger partial charge in [-0.25, -0.2) is 9.59 Å². The summed E-state index contributed by atoms with van der Waals surface area (Å²) in [6.45, 7) is -1.06. The van der Waals surface area contributed by atoms with Gasteiger partial charge in [-0.3, -0.25) is 4.98 Å². The molecular formula is C17H13NO6. The van der Waals surface area contributed by atoms with Crippen LogP contribution in [0.1, 0.15) is 11.1 Å². The molecule has 0 saturated carbocycles. The second-order valence-corrected chi connectivity index (χ2v) is 4.51. The molecule has 0 fully saturated rings. The number of aromatic nitrogens is 1. The van der Waals surface area contributed by atoms with Crippen molar-refractivity contribution in [1.29, 1.82) is 0 Å². The molecule has 0 aliphatic carbocycles. The first-order valence-electron chi connectivity index (χ1n) is 6.80. The highest BCUT2D eigenvalue weighted by molar-refractivity contribution is 5.69. The van der Waals surface area contributed by atoms with E-state index in [4.69, 9.17) is 19.7 Å². The van der Waals surface area contributed by atoms with Crippen LogP contribution in [-0.4, -0.2) is 40.3 Å². The highest BCUT2D eigenvalue weighted by atomic mass is 16.5. The van der Waals surface area contributed by atoms with Gasteiger partial charge in [0.25, 0.3) is 0 Å². The Bertz CT molecular complexity index is 792. The van der Waals surface area contributed by atoms with Crippen LogP contribution in [0.4, 0.5) is 0 Å². The maximum atomic E-state index is 10.7. The van der Waals surface area contributed by atoms with Crippen molar-refractivity contribution in [3.05, 3.63) is 53.9 Å². The van der Waals surface area contributed by atoms with Crippen LogP contribution >= 0.6 is 0 Å². The highest BCUT2D eigenvalue weighted by Gasteiger charge is 2.08. The Morgan fingerprint density at radius 1 is 0.958 bits per heavy atom. The standard InChI is InChI=1S/C17H13NO6/c19-16(20)10-23-14-4-3-13(15(9-14)24-11-17(21)22)2-1-12-5-7-18-8-6-12/h3-9H,10-11H2,(H,19,20)(H,21,22). The number of hydrogen-bond donors (Lipinski definition) is 2. The van der Waals surface area contributed by atoms with E-state index in [0.29, 0.717) is 5.56 Å². The topological polar surface area (TPSA) is 106 Å². The summed E-state index contributed by atoms with van der Waals surface area (Å²) < 4.78 is 10.2. The third kappa shape index (κ3) is 5.35. The molecule has 0 saturated heterocycles. The van der Waals surface area contributed by atoms with E-state index in [-0.39, 0.29) is 11.5 Å². The molecule has 1 aromatic heterocycles. The minimum atomic E-state index is -1.14. The molecule has 0 spiro atoms. The van der Waals surface area contributed by atoms with Crippen LogP contribution in [0.3, 0.4) is 0 Å². The Labute approximate surface area is 137 Å². The second-order valence-electron chi connectivity index (χ2n) is 4.51. The zero-order valence-corrected chi connectivity index (χ0v) is 12.4. The fourth-order valence-electron chi connectivity index (χ4n) is 1.67. The predicted molar refractivity (Wildman–Crippen MR) is 82.9 cm³/mol. The van der Waals surface area contributed by atoms with E-state index in [1.54, 1.807) is 30.6 Å². The lowest BCUT2D eigenvalue weighted by molar-refractivity contribution is -0.140. The smallest absolute Gasteiger partial charge is 0.341 e. The van der Waals surface area contributed by atoms with Crippen molar-refractivity contribution in [3.8, 4) is 23.3 Å². The summed E-state index contributed by atoms with van der Waals surface area (Å²) in [7, 11) is 0. The Morgan fingerprint density at radius 3 is 2.29 bits per heavy atom. The largest absolute Gasteiger partial charge is 0.482 e. The molecule has 7 nitrogen and oxygen atoms in total. The van der Waals surface area contributed by atoms with E-state index < -0.39 is 25.2 Å². The molecule has 0 bridgehead atoms. The van der Waals surface area contributed by atoms with E-state index in [2.05, 4.69) is 16.8 Å². The number of nitrogens with zero attached hydrogens (tertiary/aromatic N) is 1. The van der Waals surface area contributed by atoms with Crippen LogP contribution < -0.4 is 9.47 Å². The molecule has 0 amide bonds. The van der Waals surface area contributed by atoms with Crippen molar-refractivity contribution in [2.24, 2.45) is 0 Å². The van der Waals surface area contributed by atoms with Gasteiger partial charge in [0.05, 0.1) is 5.56 Å². The molecule has 122 valence electrons. The Morgan fingerprint density at radius 2 is 1.62 bits per heavy atom. The molecule has 0 aliphatic rings. The molecule has 2 aromatic rings. The number of benzene rings is 1. The van der Waals surface area contributed by atoms with Gasteiger partial charge < -0.3 is 19.7 Å². The van der Waals surface area contributed by atoms with Gasteiger partial charge >= 0.3 is 11.9 Å². The number of carboxylic acid groups (broad SMARTS) is 2. The minimum Gasteiger partial charge on any atom is -0.482 e. The van der Waals surface area contributed by atoms with Crippen molar-refractivity contribution in [3.63, 3.8) is 0 Å². The Hall–Kier alpha value is -3.53. The van der Waals surface area contributed by atoms with Crippen molar-refractivity contribution in [1.82, 2.24) is 4.98 Å². The fraction of sp³-hybridized carbons (Fsp3) is 0.118. The summed E-state index contributed by atoms with van der Waals surface area (Å²) in [5, 5.41) is 17.4. The summed E-state index contributed by atoms with van der Waals surface area (Å²) in [4.78, 5) is 25.1. The van der Waals surface area contributed by atoms with E-state index in [0.717, 1.165) is 5.56 Å². The van der Waals surface area contributed by atoms with Crippen LogP contribution in [0.5, 0.6) is 11.5 Å². The number of ether oxygens (including phenoxy) is 2. The second kappa shape index (κ2) is 8.19. The molecule has 2 rings (SSSR count). The lowest BCUT2D eigenvalue weighted by Crippen LogP contribution is -2.11. The summed E-state index contributed by atoms with van der Waals surface area (Å²) in [5.41, 5.74) is 1.19. The normalized spacial score (nSPS) is 9.50. The number of pyridine rings is 1. The van der Waals surface area contributed by atoms with E-state index in [1.807, 2.05) is 0 Å². The van der Waals surface area contributed by atoms with Crippen molar-refractivity contribution < 1.29 is 29.3 Å². The lowest BCUT2D eigenvalue weighted by atomic mass is 10.1. The zero-order chi connectivity index (χ0) is 17.4. The van der Waals surface area contributed by atoms with Crippen LogP contribution in [0.25, 0.3) is 0 Å². The third-order valence-electron chi connectivity index (χ3n) is 2.69.